The van der Waals surface area contributed by atoms with E-state index in [9.17, 15) is 0 Å². The molecule has 0 saturated carbocycles. The summed E-state index contributed by atoms with van der Waals surface area (Å²) in [5.41, 5.74) is 6.64. The first-order valence-corrected chi connectivity index (χ1v) is 7.80. The Balaban J connectivity index is 2.56. The Morgan fingerprint density at radius 1 is 1.33 bits per heavy atom. The summed E-state index contributed by atoms with van der Waals surface area (Å²) in [6.07, 6.45) is 4.58. The Labute approximate surface area is 128 Å². The van der Waals surface area contributed by atoms with Gasteiger partial charge in [0.05, 0.1) is 12.4 Å². The molecule has 0 radical (unpaired) electrons. The summed E-state index contributed by atoms with van der Waals surface area (Å²) in [5.74, 6) is 0. The summed E-state index contributed by atoms with van der Waals surface area (Å²) >= 11 is 0. The Kier molecular flexibility index (Phi) is 6.77. The highest BCUT2D eigenvalue weighted by molar-refractivity contribution is 4.98. The number of ether oxygens (including phenoxy) is 1. The second-order valence-electron chi connectivity index (χ2n) is 6.69. The number of nitrogens with two attached hydrogens (primary N) is 1. The zero-order chi connectivity index (χ0) is 15.9. The number of hydrogen-bond donors (Lipinski definition) is 2. The van der Waals surface area contributed by atoms with Gasteiger partial charge in [-0.3, -0.25) is 5.32 Å². The maximum atomic E-state index is 6.24. The van der Waals surface area contributed by atoms with Crippen LogP contribution >= 0.6 is 0 Å². The van der Waals surface area contributed by atoms with Gasteiger partial charge in [-0.25, -0.2) is 4.68 Å². The quantitative estimate of drug-likeness (QED) is 0.645. The molecule has 0 aromatic carbocycles. The van der Waals surface area contributed by atoms with Crippen LogP contribution < -0.4 is 11.1 Å². The SMILES string of the molecule is CCCOC(C)(N)CC(C)(C)Cc1cn(CNCC)nn1. The summed E-state index contributed by atoms with van der Waals surface area (Å²) in [7, 11) is 0. The van der Waals surface area contributed by atoms with Crippen LogP contribution in [-0.2, 0) is 17.8 Å². The highest BCUT2D eigenvalue weighted by Gasteiger charge is 2.30. The molecule has 6 nitrogen and oxygen atoms in total. The lowest BCUT2D eigenvalue weighted by atomic mass is 9.81. The maximum absolute atomic E-state index is 6.24. The van der Waals surface area contributed by atoms with Crippen molar-refractivity contribution in [2.75, 3.05) is 13.2 Å². The molecule has 0 amide bonds. The Bertz CT molecular complexity index is 414. The molecule has 1 rings (SSSR count). The number of aromatic nitrogens is 3. The minimum absolute atomic E-state index is 0.0102. The van der Waals surface area contributed by atoms with Gasteiger partial charge in [-0.1, -0.05) is 32.9 Å². The molecule has 0 aliphatic carbocycles. The first kappa shape index (κ1) is 18.1. The number of hydrogen-bond acceptors (Lipinski definition) is 5. The van der Waals surface area contributed by atoms with E-state index in [1.165, 1.54) is 0 Å². The van der Waals surface area contributed by atoms with Crippen molar-refractivity contribution in [1.29, 1.82) is 0 Å². The summed E-state index contributed by atoms with van der Waals surface area (Å²) < 4.78 is 7.56. The van der Waals surface area contributed by atoms with Crippen molar-refractivity contribution < 1.29 is 4.74 Å². The molecule has 0 aliphatic heterocycles. The highest BCUT2D eigenvalue weighted by Crippen LogP contribution is 2.30. The number of rotatable bonds is 10. The van der Waals surface area contributed by atoms with Crippen LogP contribution in [-0.4, -0.2) is 33.9 Å². The molecule has 0 spiro atoms. The molecule has 0 fully saturated rings. The minimum atomic E-state index is -0.598. The highest BCUT2D eigenvalue weighted by atomic mass is 16.5. The molecule has 6 heteroatoms. The Hall–Kier alpha value is -0.980. The molecule has 1 unspecified atom stereocenters. The summed E-state index contributed by atoms with van der Waals surface area (Å²) in [6.45, 7) is 12.8. The van der Waals surface area contributed by atoms with E-state index in [1.54, 1.807) is 0 Å². The van der Waals surface area contributed by atoms with Crippen LogP contribution in [0.5, 0.6) is 0 Å². The lowest BCUT2D eigenvalue weighted by Gasteiger charge is -2.34. The van der Waals surface area contributed by atoms with E-state index in [0.717, 1.165) is 31.5 Å². The second-order valence-corrected chi connectivity index (χ2v) is 6.69. The lowest BCUT2D eigenvalue weighted by molar-refractivity contribution is -0.0548. The zero-order valence-electron chi connectivity index (χ0n) is 14.1. The van der Waals surface area contributed by atoms with Crippen molar-refractivity contribution in [1.82, 2.24) is 20.3 Å². The summed E-state index contributed by atoms with van der Waals surface area (Å²) in [6, 6.07) is 0. The molecule has 3 N–H and O–H groups in total. The van der Waals surface area contributed by atoms with E-state index in [4.69, 9.17) is 10.5 Å². The van der Waals surface area contributed by atoms with Crippen LogP contribution in [0.2, 0.25) is 0 Å². The van der Waals surface area contributed by atoms with E-state index in [-0.39, 0.29) is 5.41 Å². The third kappa shape index (κ3) is 7.02. The fourth-order valence-electron chi connectivity index (χ4n) is 2.61. The van der Waals surface area contributed by atoms with Crippen LogP contribution in [0, 0.1) is 5.41 Å². The third-order valence-corrected chi connectivity index (χ3v) is 3.24. The van der Waals surface area contributed by atoms with Gasteiger partial charge in [-0.15, -0.1) is 5.10 Å². The van der Waals surface area contributed by atoms with Gasteiger partial charge in [0.15, 0.2) is 0 Å². The van der Waals surface area contributed by atoms with Crippen molar-refractivity contribution >= 4 is 0 Å². The van der Waals surface area contributed by atoms with Crippen LogP contribution in [0.1, 0.15) is 53.2 Å². The molecule has 1 atom stereocenters. The number of nitrogens with zero attached hydrogens (tertiary/aromatic N) is 3. The number of nitrogens with one attached hydrogen (secondary N) is 1. The predicted molar refractivity (Wildman–Crippen MR) is 84.6 cm³/mol. The molecule has 1 aromatic rings. The first-order valence-electron chi connectivity index (χ1n) is 7.80. The second kappa shape index (κ2) is 7.87. The third-order valence-electron chi connectivity index (χ3n) is 3.24. The van der Waals surface area contributed by atoms with Crippen LogP contribution in [0.3, 0.4) is 0 Å². The topological polar surface area (TPSA) is 78.0 Å². The van der Waals surface area contributed by atoms with Gasteiger partial charge in [0.25, 0.3) is 0 Å². The van der Waals surface area contributed by atoms with E-state index in [1.807, 2.05) is 17.8 Å². The van der Waals surface area contributed by atoms with Crippen molar-refractivity contribution in [3.05, 3.63) is 11.9 Å². The Morgan fingerprint density at radius 2 is 2.05 bits per heavy atom. The Morgan fingerprint density at radius 3 is 2.67 bits per heavy atom. The van der Waals surface area contributed by atoms with Crippen LogP contribution in [0.25, 0.3) is 0 Å². The van der Waals surface area contributed by atoms with Crippen molar-refractivity contribution in [2.45, 2.75) is 66.3 Å². The molecule has 1 heterocycles. The molecule has 122 valence electrons. The fraction of sp³-hybridized carbons (Fsp3) is 0.867. The summed E-state index contributed by atoms with van der Waals surface area (Å²) in [5, 5.41) is 11.6. The predicted octanol–water partition coefficient (Wildman–Crippen LogP) is 1.91. The standard InChI is InChI=1S/C15H31N5O/c1-6-8-21-15(5,16)11-14(3,4)9-13-10-20(19-18-13)12-17-7-2/h10,17H,6-9,11-12,16H2,1-5H3. The van der Waals surface area contributed by atoms with Crippen LogP contribution in [0.15, 0.2) is 6.20 Å². The van der Waals surface area contributed by atoms with E-state index < -0.39 is 5.72 Å². The molecular formula is C15H31N5O. The van der Waals surface area contributed by atoms with Gasteiger partial charge in [0.2, 0.25) is 0 Å². The zero-order valence-corrected chi connectivity index (χ0v) is 14.1. The average molecular weight is 297 g/mol. The molecule has 0 bridgehead atoms. The van der Waals surface area contributed by atoms with Crippen molar-refractivity contribution in [3.63, 3.8) is 0 Å². The van der Waals surface area contributed by atoms with E-state index in [2.05, 4.69) is 43.3 Å². The van der Waals surface area contributed by atoms with Gasteiger partial charge < -0.3 is 10.5 Å². The van der Waals surface area contributed by atoms with Gasteiger partial charge >= 0.3 is 0 Å². The van der Waals surface area contributed by atoms with Gasteiger partial charge in [0.1, 0.15) is 5.72 Å². The van der Waals surface area contributed by atoms with E-state index in [0.29, 0.717) is 13.3 Å². The maximum Gasteiger partial charge on any atom is 0.114 e. The molecule has 0 aliphatic rings. The van der Waals surface area contributed by atoms with Crippen molar-refractivity contribution in [3.8, 4) is 0 Å². The largest absolute Gasteiger partial charge is 0.361 e. The van der Waals surface area contributed by atoms with Crippen molar-refractivity contribution in [2.24, 2.45) is 11.1 Å². The molecule has 0 saturated heterocycles. The van der Waals surface area contributed by atoms with Crippen LogP contribution in [0.4, 0.5) is 0 Å². The smallest absolute Gasteiger partial charge is 0.114 e. The molecular weight excluding hydrogens is 266 g/mol. The summed E-state index contributed by atoms with van der Waals surface area (Å²) in [4.78, 5) is 0. The lowest BCUT2D eigenvalue weighted by Crippen LogP contribution is -2.44. The van der Waals surface area contributed by atoms with Gasteiger partial charge in [0, 0.05) is 12.8 Å². The normalized spacial score (nSPS) is 15.1. The molecule has 1 aromatic heterocycles. The fourth-order valence-corrected chi connectivity index (χ4v) is 2.61. The monoisotopic (exact) mass is 297 g/mol. The van der Waals surface area contributed by atoms with Gasteiger partial charge in [-0.2, -0.15) is 0 Å². The average Bonchev–Trinajstić information content (AvgIpc) is 2.79. The van der Waals surface area contributed by atoms with E-state index >= 15 is 0 Å². The minimum Gasteiger partial charge on any atom is -0.361 e. The molecule has 21 heavy (non-hydrogen) atoms. The van der Waals surface area contributed by atoms with Gasteiger partial charge in [-0.05, 0) is 38.1 Å². The first-order chi connectivity index (χ1) is 9.78.